The van der Waals surface area contributed by atoms with Crippen molar-refractivity contribution in [3.63, 3.8) is 0 Å². The van der Waals surface area contributed by atoms with Crippen molar-refractivity contribution < 1.29 is 9.18 Å². The molecule has 1 aromatic carbocycles. The van der Waals surface area contributed by atoms with E-state index in [1.54, 1.807) is 24.4 Å². The number of carbonyl (C=O) groups excluding carboxylic acids is 1. The van der Waals surface area contributed by atoms with Crippen LogP contribution in [0.4, 0.5) is 4.39 Å². The number of nitrogens with zero attached hydrogens (tertiary/aromatic N) is 1. The molecule has 0 N–H and O–H groups in total. The highest BCUT2D eigenvalue weighted by molar-refractivity contribution is 6.08. The van der Waals surface area contributed by atoms with Gasteiger partial charge in [0, 0.05) is 6.20 Å². The molecule has 0 saturated heterocycles. The van der Waals surface area contributed by atoms with Gasteiger partial charge in [-0.2, -0.15) is 0 Å². The van der Waals surface area contributed by atoms with Gasteiger partial charge in [0.2, 0.25) is 5.78 Å². The van der Waals surface area contributed by atoms with E-state index in [-0.39, 0.29) is 11.3 Å². The molecule has 0 unspecified atom stereocenters. The van der Waals surface area contributed by atoms with Gasteiger partial charge in [0.1, 0.15) is 11.5 Å². The molecule has 17 heavy (non-hydrogen) atoms. The Kier molecular flexibility index (Phi) is 3.28. The number of hydrogen-bond donors (Lipinski definition) is 0. The molecule has 86 valence electrons. The van der Waals surface area contributed by atoms with Gasteiger partial charge in [-0.15, -0.1) is 0 Å². The van der Waals surface area contributed by atoms with Crippen molar-refractivity contribution in [1.82, 2.24) is 4.98 Å². The van der Waals surface area contributed by atoms with Crippen LogP contribution in [0, 0.1) is 5.82 Å². The molecule has 1 aromatic heterocycles. The summed E-state index contributed by atoms with van der Waals surface area (Å²) in [6.45, 7) is 1.94. The maximum Gasteiger partial charge on any atom is 0.214 e. The van der Waals surface area contributed by atoms with Gasteiger partial charge < -0.3 is 0 Å². The van der Waals surface area contributed by atoms with Crippen LogP contribution in [0.1, 0.15) is 28.5 Å². The minimum Gasteiger partial charge on any atom is -0.287 e. The number of halogens is 1. The number of rotatable bonds is 3. The van der Waals surface area contributed by atoms with Crippen LogP contribution in [-0.2, 0) is 6.42 Å². The van der Waals surface area contributed by atoms with Crippen molar-refractivity contribution in [2.24, 2.45) is 0 Å². The molecule has 0 radical (unpaired) electrons. The van der Waals surface area contributed by atoms with Gasteiger partial charge in [-0.05, 0) is 30.2 Å². The zero-order valence-corrected chi connectivity index (χ0v) is 9.48. The molecule has 0 aliphatic carbocycles. The lowest BCUT2D eigenvalue weighted by atomic mass is 10.0. The first-order valence-corrected chi connectivity index (χ1v) is 5.47. The number of benzene rings is 1. The lowest BCUT2D eigenvalue weighted by Gasteiger charge is -2.05. The summed E-state index contributed by atoms with van der Waals surface area (Å²) in [5, 5.41) is 0. The molecule has 2 rings (SSSR count). The second-order valence-electron chi connectivity index (χ2n) is 3.67. The van der Waals surface area contributed by atoms with Gasteiger partial charge in [0.05, 0.1) is 5.56 Å². The summed E-state index contributed by atoms with van der Waals surface area (Å²) >= 11 is 0. The summed E-state index contributed by atoms with van der Waals surface area (Å²) in [4.78, 5) is 16.2. The summed E-state index contributed by atoms with van der Waals surface area (Å²) in [7, 11) is 0. The minimum atomic E-state index is -0.509. The fourth-order valence-corrected chi connectivity index (χ4v) is 1.70. The smallest absolute Gasteiger partial charge is 0.214 e. The van der Waals surface area contributed by atoms with Gasteiger partial charge in [0.15, 0.2) is 0 Å². The number of pyridine rings is 1. The largest absolute Gasteiger partial charge is 0.287 e. The third-order valence-electron chi connectivity index (χ3n) is 2.61. The van der Waals surface area contributed by atoms with E-state index >= 15 is 0 Å². The Labute approximate surface area is 99.1 Å². The number of ketones is 1. The molecule has 0 aliphatic rings. The van der Waals surface area contributed by atoms with E-state index in [1.807, 2.05) is 13.0 Å². The molecule has 3 heteroatoms. The van der Waals surface area contributed by atoms with Crippen LogP contribution in [0.5, 0.6) is 0 Å². The van der Waals surface area contributed by atoms with Crippen molar-refractivity contribution in [1.29, 1.82) is 0 Å². The predicted octanol–water partition coefficient (Wildman–Crippen LogP) is 3.01. The van der Waals surface area contributed by atoms with Crippen molar-refractivity contribution in [3.8, 4) is 0 Å². The summed E-state index contributed by atoms with van der Waals surface area (Å²) in [6.07, 6.45) is 2.25. The highest BCUT2D eigenvalue weighted by Crippen LogP contribution is 2.15. The molecular weight excluding hydrogens is 217 g/mol. The van der Waals surface area contributed by atoms with E-state index in [9.17, 15) is 9.18 Å². The van der Waals surface area contributed by atoms with E-state index in [0.29, 0.717) is 12.1 Å². The SMILES string of the molecule is CCc1cccnc1C(=O)c1ccccc1F. The topological polar surface area (TPSA) is 30.0 Å². The number of aromatic nitrogens is 1. The number of hydrogen-bond acceptors (Lipinski definition) is 2. The third-order valence-corrected chi connectivity index (χ3v) is 2.61. The molecular formula is C14H12FNO. The first-order valence-electron chi connectivity index (χ1n) is 5.47. The van der Waals surface area contributed by atoms with Crippen LogP contribution in [0.3, 0.4) is 0 Å². The molecule has 0 bridgehead atoms. The monoisotopic (exact) mass is 229 g/mol. The zero-order valence-electron chi connectivity index (χ0n) is 9.48. The van der Waals surface area contributed by atoms with Crippen LogP contribution < -0.4 is 0 Å². The summed E-state index contributed by atoms with van der Waals surface area (Å²) in [5.41, 5.74) is 1.24. The van der Waals surface area contributed by atoms with E-state index < -0.39 is 5.82 Å². The van der Waals surface area contributed by atoms with Crippen molar-refractivity contribution >= 4 is 5.78 Å². The molecule has 0 saturated carbocycles. The summed E-state index contributed by atoms with van der Waals surface area (Å²) in [5.74, 6) is -0.870. The van der Waals surface area contributed by atoms with Gasteiger partial charge in [0.25, 0.3) is 0 Å². The molecule has 0 fully saturated rings. The second kappa shape index (κ2) is 4.87. The molecule has 0 spiro atoms. The Morgan fingerprint density at radius 3 is 2.71 bits per heavy atom. The number of carbonyl (C=O) groups is 1. The Hall–Kier alpha value is -2.03. The van der Waals surface area contributed by atoms with E-state index in [2.05, 4.69) is 4.98 Å². The fourth-order valence-electron chi connectivity index (χ4n) is 1.70. The standard InChI is InChI=1S/C14H12FNO/c1-2-10-6-5-9-16-13(10)14(17)11-7-3-4-8-12(11)15/h3-9H,2H2,1H3. The van der Waals surface area contributed by atoms with E-state index in [0.717, 1.165) is 5.56 Å². The zero-order chi connectivity index (χ0) is 12.3. The number of aryl methyl sites for hydroxylation is 1. The van der Waals surface area contributed by atoms with E-state index in [1.165, 1.54) is 12.1 Å². The maximum absolute atomic E-state index is 13.5. The van der Waals surface area contributed by atoms with Crippen molar-refractivity contribution in [3.05, 3.63) is 65.2 Å². The molecule has 2 nitrogen and oxygen atoms in total. The highest BCUT2D eigenvalue weighted by Gasteiger charge is 2.16. The predicted molar refractivity (Wildman–Crippen MR) is 63.4 cm³/mol. The molecule has 0 atom stereocenters. The fraction of sp³-hybridized carbons (Fsp3) is 0.143. The average molecular weight is 229 g/mol. The highest BCUT2D eigenvalue weighted by atomic mass is 19.1. The van der Waals surface area contributed by atoms with Gasteiger partial charge in [-0.3, -0.25) is 9.78 Å². The Morgan fingerprint density at radius 1 is 1.24 bits per heavy atom. The molecule has 2 aromatic rings. The van der Waals surface area contributed by atoms with Crippen molar-refractivity contribution in [2.45, 2.75) is 13.3 Å². The van der Waals surface area contributed by atoms with Crippen LogP contribution >= 0.6 is 0 Å². The second-order valence-corrected chi connectivity index (χ2v) is 3.67. The van der Waals surface area contributed by atoms with Crippen LogP contribution in [0.2, 0.25) is 0 Å². The van der Waals surface area contributed by atoms with Gasteiger partial charge in [-0.25, -0.2) is 4.39 Å². The van der Waals surface area contributed by atoms with Gasteiger partial charge in [-0.1, -0.05) is 25.1 Å². The first kappa shape index (κ1) is 11.5. The Bertz CT molecular complexity index is 551. The lowest BCUT2D eigenvalue weighted by molar-refractivity contribution is 0.102. The van der Waals surface area contributed by atoms with Crippen molar-refractivity contribution in [2.75, 3.05) is 0 Å². The Balaban J connectivity index is 2.48. The van der Waals surface area contributed by atoms with Crippen LogP contribution in [-0.4, -0.2) is 10.8 Å². The minimum absolute atomic E-state index is 0.0703. The quantitative estimate of drug-likeness (QED) is 0.757. The average Bonchev–Trinajstić information content (AvgIpc) is 2.38. The summed E-state index contributed by atoms with van der Waals surface area (Å²) < 4.78 is 13.5. The third kappa shape index (κ3) is 2.23. The normalized spacial score (nSPS) is 10.2. The van der Waals surface area contributed by atoms with E-state index in [4.69, 9.17) is 0 Å². The molecule has 0 amide bonds. The lowest BCUT2D eigenvalue weighted by Crippen LogP contribution is -2.09. The summed E-state index contributed by atoms with van der Waals surface area (Å²) in [6, 6.07) is 9.57. The first-order chi connectivity index (χ1) is 8.24. The molecule has 0 aliphatic heterocycles. The Morgan fingerprint density at radius 2 is 2.00 bits per heavy atom. The van der Waals surface area contributed by atoms with Gasteiger partial charge >= 0.3 is 0 Å². The van der Waals surface area contributed by atoms with Crippen LogP contribution in [0.25, 0.3) is 0 Å². The molecule has 1 heterocycles. The maximum atomic E-state index is 13.5. The van der Waals surface area contributed by atoms with Crippen LogP contribution in [0.15, 0.2) is 42.6 Å².